The first-order valence-corrected chi connectivity index (χ1v) is 12.6. The summed E-state index contributed by atoms with van der Waals surface area (Å²) in [5, 5.41) is 16.7. The Morgan fingerprint density at radius 2 is 0.975 bits per heavy atom. The van der Waals surface area contributed by atoms with E-state index in [-0.39, 0.29) is 44.7 Å². The Morgan fingerprint density at radius 3 is 1.32 bits per heavy atom. The van der Waals surface area contributed by atoms with Crippen molar-refractivity contribution >= 4 is 17.9 Å². The monoisotopic (exact) mass is 580 g/mol. The molecular weight excluding hydrogens is 532 g/mol. The van der Waals surface area contributed by atoms with Crippen LogP contribution in [0.2, 0.25) is 0 Å². The Hall–Kier alpha value is -2.65. The lowest BCUT2D eigenvalue weighted by atomic mass is 10.4. The van der Waals surface area contributed by atoms with Gasteiger partial charge in [-0.15, -0.1) is 0 Å². The van der Waals surface area contributed by atoms with Crippen LogP contribution in [-0.4, -0.2) is 126 Å². The van der Waals surface area contributed by atoms with Crippen LogP contribution in [0.15, 0.2) is 38.0 Å². The van der Waals surface area contributed by atoms with Crippen LogP contribution in [0.3, 0.4) is 0 Å². The smallest absolute Gasteiger partial charge is 0.330 e. The maximum Gasteiger partial charge on any atom is 0.330 e. The van der Waals surface area contributed by atoms with Crippen molar-refractivity contribution in [3.05, 3.63) is 38.0 Å². The molecule has 0 aromatic heterocycles. The molecule has 0 radical (unpaired) electrons. The first-order valence-electron chi connectivity index (χ1n) is 12.6. The predicted octanol–water partition coefficient (Wildman–Crippen LogP) is 1.01. The number of aliphatic hydroxyl groups is 2. The van der Waals surface area contributed by atoms with Gasteiger partial charge in [0.05, 0.1) is 85.9 Å². The molecule has 0 aromatic rings. The fourth-order valence-corrected chi connectivity index (χ4v) is 2.06. The van der Waals surface area contributed by atoms with E-state index >= 15 is 0 Å². The number of carbonyl (C=O) groups is 3. The summed E-state index contributed by atoms with van der Waals surface area (Å²) < 4.78 is 39.9. The van der Waals surface area contributed by atoms with Gasteiger partial charge in [0.2, 0.25) is 0 Å². The largest absolute Gasteiger partial charge is 0.466 e. The number of aliphatic hydroxyl groups excluding tert-OH is 2. The Morgan fingerprint density at radius 1 is 0.600 bits per heavy atom. The van der Waals surface area contributed by atoms with Crippen molar-refractivity contribution < 1.29 is 62.5 Å². The number of ether oxygens (including phenoxy) is 8. The second-order valence-electron chi connectivity index (χ2n) is 7.60. The molecule has 13 nitrogen and oxygen atoms in total. The van der Waals surface area contributed by atoms with E-state index in [1.165, 1.54) is 7.11 Å². The SMILES string of the molecule is C=CC(=O)OC.C=CC(=O)OC(C)COCC(C)OCC(C)OC(=O)C=C.OCCOCCOCCOCCO. The average Bonchev–Trinajstić information content (AvgIpc) is 2.95. The summed E-state index contributed by atoms with van der Waals surface area (Å²) in [7, 11) is 1.31. The standard InChI is InChI=1S/C15H24O6.C8H18O5.C4H6O2/c1-6-14(16)20-12(4)9-18-8-11(3)19-10-13(5)21-15(17)7-2;9-1-3-11-5-7-13-8-6-12-4-2-10;1-3-4(5)6-2/h6-7,11-13H,1-2,8-10H2,3-5H3;9-10H,1-8H2;3H,1H2,2H3. The number of carbonyl (C=O) groups excluding carboxylic acids is 3. The van der Waals surface area contributed by atoms with Gasteiger partial charge in [-0.1, -0.05) is 19.7 Å². The molecule has 40 heavy (non-hydrogen) atoms. The number of rotatable bonds is 22. The predicted molar refractivity (Wildman–Crippen MR) is 147 cm³/mol. The molecule has 0 amide bonds. The molecule has 3 unspecified atom stereocenters. The molecule has 0 saturated heterocycles. The van der Waals surface area contributed by atoms with Gasteiger partial charge >= 0.3 is 17.9 Å². The highest BCUT2D eigenvalue weighted by molar-refractivity contribution is 5.81. The summed E-state index contributed by atoms with van der Waals surface area (Å²) in [6.45, 7) is 18.7. The molecule has 0 saturated carbocycles. The zero-order valence-corrected chi connectivity index (χ0v) is 24.2. The van der Waals surface area contributed by atoms with Gasteiger partial charge in [-0.2, -0.15) is 0 Å². The zero-order valence-electron chi connectivity index (χ0n) is 24.2. The fourth-order valence-electron chi connectivity index (χ4n) is 2.06. The van der Waals surface area contributed by atoms with Crippen LogP contribution in [0.4, 0.5) is 0 Å². The first kappa shape index (κ1) is 41.8. The zero-order chi connectivity index (χ0) is 31.0. The summed E-state index contributed by atoms with van der Waals surface area (Å²) in [5.41, 5.74) is 0. The van der Waals surface area contributed by atoms with E-state index in [1.54, 1.807) is 13.8 Å². The number of hydrogen-bond acceptors (Lipinski definition) is 13. The van der Waals surface area contributed by atoms with E-state index in [2.05, 4.69) is 24.5 Å². The lowest BCUT2D eigenvalue weighted by Crippen LogP contribution is -2.26. The summed E-state index contributed by atoms with van der Waals surface area (Å²) in [6.07, 6.45) is 2.45. The van der Waals surface area contributed by atoms with Crippen LogP contribution in [0.5, 0.6) is 0 Å². The topological polar surface area (TPSA) is 166 Å². The fraction of sp³-hybridized carbons (Fsp3) is 0.667. The van der Waals surface area contributed by atoms with Crippen LogP contribution in [0.1, 0.15) is 20.8 Å². The number of esters is 3. The quantitative estimate of drug-likeness (QED) is 0.0807. The Kier molecular flexibility index (Phi) is 34.0. The Bertz CT molecular complexity index is 644. The molecule has 0 aliphatic rings. The Balaban J connectivity index is -0.000000608. The van der Waals surface area contributed by atoms with Crippen molar-refractivity contribution in [2.24, 2.45) is 0 Å². The minimum atomic E-state index is -0.479. The normalized spacial score (nSPS) is 12.2. The summed E-state index contributed by atoms with van der Waals surface area (Å²) in [4.78, 5) is 31.7. The molecule has 3 atom stereocenters. The van der Waals surface area contributed by atoms with E-state index in [0.29, 0.717) is 46.2 Å². The van der Waals surface area contributed by atoms with Crippen LogP contribution in [0, 0.1) is 0 Å². The van der Waals surface area contributed by atoms with E-state index in [0.717, 1.165) is 18.2 Å². The minimum absolute atomic E-state index is 0.0413. The molecular formula is C27H48O13. The third-order valence-electron chi connectivity index (χ3n) is 3.87. The molecule has 0 aliphatic heterocycles. The molecule has 0 aromatic carbocycles. The third-order valence-corrected chi connectivity index (χ3v) is 3.87. The molecule has 234 valence electrons. The van der Waals surface area contributed by atoms with Crippen molar-refractivity contribution in [1.82, 2.24) is 0 Å². The van der Waals surface area contributed by atoms with Crippen molar-refractivity contribution in [2.45, 2.75) is 39.1 Å². The van der Waals surface area contributed by atoms with Gasteiger partial charge in [-0.25, -0.2) is 14.4 Å². The molecule has 0 spiro atoms. The third kappa shape index (κ3) is 35.4. The maximum atomic E-state index is 11.0. The molecule has 0 rings (SSSR count). The van der Waals surface area contributed by atoms with Gasteiger partial charge in [-0.3, -0.25) is 0 Å². The average molecular weight is 581 g/mol. The molecule has 2 N–H and O–H groups in total. The first-order chi connectivity index (χ1) is 19.1. The van der Waals surface area contributed by atoms with Gasteiger partial charge in [0, 0.05) is 18.2 Å². The van der Waals surface area contributed by atoms with Crippen molar-refractivity contribution in [3.8, 4) is 0 Å². The van der Waals surface area contributed by atoms with Gasteiger partial charge < -0.3 is 48.1 Å². The highest BCUT2D eigenvalue weighted by Gasteiger charge is 2.11. The van der Waals surface area contributed by atoms with E-state index < -0.39 is 17.9 Å². The van der Waals surface area contributed by atoms with E-state index in [4.69, 9.17) is 43.4 Å². The summed E-state index contributed by atoms with van der Waals surface area (Å²) in [6, 6.07) is 0. The van der Waals surface area contributed by atoms with Crippen LogP contribution in [0.25, 0.3) is 0 Å². The van der Waals surface area contributed by atoms with Crippen LogP contribution in [-0.2, 0) is 52.3 Å². The second-order valence-corrected chi connectivity index (χ2v) is 7.60. The van der Waals surface area contributed by atoms with Crippen LogP contribution < -0.4 is 0 Å². The van der Waals surface area contributed by atoms with Gasteiger partial charge in [0.25, 0.3) is 0 Å². The van der Waals surface area contributed by atoms with Gasteiger partial charge in [0.15, 0.2) is 0 Å². The lowest BCUT2D eigenvalue weighted by Gasteiger charge is -2.18. The van der Waals surface area contributed by atoms with E-state index in [1.807, 2.05) is 6.92 Å². The molecule has 0 fully saturated rings. The van der Waals surface area contributed by atoms with Gasteiger partial charge in [0.1, 0.15) is 12.2 Å². The van der Waals surface area contributed by atoms with Crippen LogP contribution >= 0.6 is 0 Å². The molecule has 13 heteroatoms. The summed E-state index contributed by atoms with van der Waals surface area (Å²) >= 11 is 0. The lowest BCUT2D eigenvalue weighted by molar-refractivity contribution is -0.149. The van der Waals surface area contributed by atoms with Gasteiger partial charge in [-0.05, 0) is 20.8 Å². The van der Waals surface area contributed by atoms with E-state index in [9.17, 15) is 14.4 Å². The molecule has 0 heterocycles. The number of hydrogen-bond donors (Lipinski definition) is 2. The van der Waals surface area contributed by atoms with Crippen molar-refractivity contribution in [1.29, 1.82) is 0 Å². The minimum Gasteiger partial charge on any atom is -0.466 e. The second kappa shape index (κ2) is 32.6. The Labute approximate surface area is 237 Å². The molecule has 0 bridgehead atoms. The van der Waals surface area contributed by atoms with Crippen molar-refractivity contribution in [2.75, 3.05) is 79.8 Å². The highest BCUT2D eigenvalue weighted by atomic mass is 16.6. The highest BCUT2D eigenvalue weighted by Crippen LogP contribution is 2.00. The maximum absolute atomic E-state index is 11.0. The summed E-state index contributed by atoms with van der Waals surface area (Å²) in [5.74, 6) is -1.35. The molecule has 0 aliphatic carbocycles. The van der Waals surface area contributed by atoms with Crippen molar-refractivity contribution in [3.63, 3.8) is 0 Å². The number of methoxy groups -OCH3 is 1.